The number of H-pyrrole nitrogens is 1. The summed E-state index contributed by atoms with van der Waals surface area (Å²) in [6, 6.07) is 13.5. The molecule has 0 spiro atoms. The average Bonchev–Trinajstić information content (AvgIpc) is 3.50. The van der Waals surface area contributed by atoms with Crippen LogP contribution in [0.2, 0.25) is 10.0 Å². The summed E-state index contributed by atoms with van der Waals surface area (Å²) < 4.78 is 11.4. The van der Waals surface area contributed by atoms with Gasteiger partial charge in [0.15, 0.2) is 11.6 Å². The van der Waals surface area contributed by atoms with Gasteiger partial charge in [0.05, 0.1) is 0 Å². The van der Waals surface area contributed by atoms with Gasteiger partial charge in [-0.1, -0.05) is 35.3 Å². The van der Waals surface area contributed by atoms with Gasteiger partial charge in [0.25, 0.3) is 0 Å². The van der Waals surface area contributed by atoms with Crippen LogP contribution in [0.3, 0.4) is 0 Å². The molecule has 4 N–H and O–H groups in total. The number of anilines is 1. The van der Waals surface area contributed by atoms with Crippen LogP contribution in [0.25, 0.3) is 22.0 Å². The van der Waals surface area contributed by atoms with Gasteiger partial charge in [-0.25, -0.2) is 9.78 Å². The van der Waals surface area contributed by atoms with E-state index in [-0.39, 0.29) is 18.7 Å². The number of nitrogens with one attached hydrogen (secondary N) is 2. The lowest BCUT2D eigenvalue weighted by Gasteiger charge is -2.22. The second-order valence-corrected chi connectivity index (χ2v) is 11.9. The van der Waals surface area contributed by atoms with Crippen molar-refractivity contribution in [2.75, 3.05) is 18.8 Å². The summed E-state index contributed by atoms with van der Waals surface area (Å²) in [6.07, 6.45) is 4.30. The van der Waals surface area contributed by atoms with E-state index in [4.69, 9.17) is 38.4 Å². The highest BCUT2D eigenvalue weighted by Gasteiger charge is 2.26. The van der Waals surface area contributed by atoms with Crippen LogP contribution in [-0.2, 0) is 17.9 Å². The van der Waals surface area contributed by atoms with Gasteiger partial charge < -0.3 is 25.5 Å². The number of alkyl carbamates (subject to hydrolysis) is 1. The van der Waals surface area contributed by atoms with Crippen molar-refractivity contribution < 1.29 is 14.3 Å². The number of aromatic amines is 1. The Bertz CT molecular complexity index is 1510. The van der Waals surface area contributed by atoms with Gasteiger partial charge in [0.2, 0.25) is 0 Å². The Balaban J connectivity index is 1.29. The maximum absolute atomic E-state index is 12.2. The molecule has 210 valence electrons. The Kier molecular flexibility index (Phi) is 8.12. The van der Waals surface area contributed by atoms with Gasteiger partial charge in [-0.05, 0) is 68.7 Å². The monoisotopic (exact) mass is 581 g/mol. The van der Waals surface area contributed by atoms with Crippen molar-refractivity contribution in [2.45, 2.75) is 52.0 Å². The van der Waals surface area contributed by atoms with E-state index in [9.17, 15) is 4.79 Å². The number of carbonyl (C=O) groups excluding carboxylic acids is 1. The van der Waals surface area contributed by atoms with Gasteiger partial charge in [0, 0.05) is 70.1 Å². The topological polar surface area (TPSA) is 106 Å². The third-order valence-electron chi connectivity index (χ3n) is 6.80. The summed E-state index contributed by atoms with van der Waals surface area (Å²) in [7, 11) is 0. The van der Waals surface area contributed by atoms with Crippen molar-refractivity contribution >= 4 is 46.0 Å². The number of likely N-dealkylation sites (tertiary alicyclic amines) is 1. The molecule has 1 saturated heterocycles. The minimum absolute atomic E-state index is 0.0653. The lowest BCUT2D eigenvalue weighted by Crippen LogP contribution is -2.40. The molecule has 0 bridgehead atoms. The number of hydrogen-bond donors (Lipinski definition) is 3. The van der Waals surface area contributed by atoms with Crippen molar-refractivity contribution in [1.29, 1.82) is 0 Å². The zero-order valence-corrected chi connectivity index (χ0v) is 24.3. The summed E-state index contributed by atoms with van der Waals surface area (Å²) in [6.45, 7) is 8.20. The van der Waals surface area contributed by atoms with E-state index in [0.717, 1.165) is 48.1 Å². The number of hydrogen-bond acceptors (Lipinski definition) is 6. The molecule has 1 amide bonds. The number of halogens is 2. The van der Waals surface area contributed by atoms with E-state index >= 15 is 0 Å². The van der Waals surface area contributed by atoms with E-state index in [1.54, 1.807) is 24.4 Å². The van der Waals surface area contributed by atoms with E-state index < -0.39 is 5.60 Å². The quantitative estimate of drug-likeness (QED) is 0.222. The summed E-state index contributed by atoms with van der Waals surface area (Å²) in [5, 5.41) is 5.19. The van der Waals surface area contributed by atoms with Crippen molar-refractivity contribution in [3.8, 4) is 16.9 Å². The Morgan fingerprint density at radius 2 is 1.95 bits per heavy atom. The Morgan fingerprint density at radius 1 is 1.18 bits per heavy atom. The minimum atomic E-state index is -0.514. The fourth-order valence-corrected chi connectivity index (χ4v) is 5.35. The highest BCUT2D eigenvalue weighted by Crippen LogP contribution is 2.32. The van der Waals surface area contributed by atoms with Crippen molar-refractivity contribution in [3.63, 3.8) is 0 Å². The fraction of sp³-hybridized carbons (Fsp3) is 0.333. The zero-order chi connectivity index (χ0) is 28.4. The van der Waals surface area contributed by atoms with Gasteiger partial charge in [-0.3, -0.25) is 4.90 Å². The van der Waals surface area contributed by atoms with E-state index in [0.29, 0.717) is 27.2 Å². The molecule has 1 aliphatic rings. The van der Waals surface area contributed by atoms with Crippen LogP contribution in [0.1, 0.15) is 38.3 Å². The lowest BCUT2D eigenvalue weighted by atomic mass is 10.0. The number of aromatic nitrogens is 2. The van der Waals surface area contributed by atoms with Crippen LogP contribution in [0.4, 0.5) is 10.6 Å². The number of ether oxygens (including phenoxy) is 2. The molecule has 8 nitrogen and oxygen atoms in total. The molecule has 0 saturated carbocycles. The van der Waals surface area contributed by atoms with Crippen LogP contribution in [0.15, 0.2) is 54.9 Å². The number of carbonyl (C=O) groups is 1. The molecule has 0 unspecified atom stereocenters. The van der Waals surface area contributed by atoms with E-state index in [1.807, 2.05) is 39.1 Å². The average molecular weight is 583 g/mol. The van der Waals surface area contributed by atoms with Gasteiger partial charge in [-0.15, -0.1) is 0 Å². The van der Waals surface area contributed by atoms with E-state index in [2.05, 4.69) is 32.3 Å². The minimum Gasteiger partial charge on any atom is -0.485 e. The predicted molar refractivity (Wildman–Crippen MR) is 160 cm³/mol. The fourth-order valence-electron chi connectivity index (χ4n) is 4.85. The van der Waals surface area contributed by atoms with Crippen LogP contribution in [-0.4, -0.2) is 45.7 Å². The second-order valence-electron chi connectivity index (χ2n) is 11.0. The van der Waals surface area contributed by atoms with Gasteiger partial charge in [0.1, 0.15) is 12.2 Å². The molecule has 10 heteroatoms. The highest BCUT2D eigenvalue weighted by molar-refractivity contribution is 6.35. The smallest absolute Gasteiger partial charge is 0.407 e. The van der Waals surface area contributed by atoms with Crippen molar-refractivity contribution in [1.82, 2.24) is 20.2 Å². The Labute approximate surface area is 243 Å². The second kappa shape index (κ2) is 11.6. The molecular weight excluding hydrogens is 549 g/mol. The van der Waals surface area contributed by atoms with Crippen LogP contribution in [0.5, 0.6) is 5.75 Å². The number of rotatable bonds is 7. The standard InChI is InChI=1S/C30H33Cl2N5O3/c1-30(2,3)40-29(38)36-21-9-10-37(16-21)15-20-14-34-26-8-7-18(11-22(20)26)19-12-27(28(33)35-13-19)39-17-23-24(31)5-4-6-25(23)32/h4-8,11-14,21,34H,9-10,15-17H2,1-3H3,(H2,33,35)(H,36,38)/t21-/m1/s1. The summed E-state index contributed by atoms with van der Waals surface area (Å²) in [4.78, 5) is 22.3. The predicted octanol–water partition coefficient (Wildman–Crippen LogP) is 6.80. The zero-order valence-electron chi connectivity index (χ0n) is 22.8. The summed E-state index contributed by atoms with van der Waals surface area (Å²) in [5.74, 6) is 0.752. The molecule has 3 heterocycles. The molecule has 2 aromatic heterocycles. The van der Waals surface area contributed by atoms with Gasteiger partial charge in [-0.2, -0.15) is 0 Å². The first-order valence-corrected chi connectivity index (χ1v) is 13.9. The normalized spacial score (nSPS) is 15.9. The number of nitrogens with two attached hydrogens (primary N) is 1. The number of amides is 1. The Hall–Kier alpha value is -3.46. The molecule has 4 aromatic rings. The SMILES string of the molecule is CC(C)(C)OC(=O)N[C@@H]1CCN(Cc2c[nH]c3ccc(-c4cnc(N)c(OCc5c(Cl)cccc5Cl)c4)cc23)C1. The highest BCUT2D eigenvalue weighted by atomic mass is 35.5. The largest absolute Gasteiger partial charge is 0.485 e. The molecular formula is C30H33Cl2N5O3. The maximum Gasteiger partial charge on any atom is 0.407 e. The number of benzene rings is 2. The summed E-state index contributed by atoms with van der Waals surface area (Å²) in [5.41, 5.74) is 10.4. The molecule has 1 fully saturated rings. The van der Waals surface area contributed by atoms with Crippen LogP contribution < -0.4 is 15.8 Å². The third-order valence-corrected chi connectivity index (χ3v) is 7.51. The summed E-state index contributed by atoms with van der Waals surface area (Å²) >= 11 is 12.6. The molecule has 5 rings (SSSR count). The third kappa shape index (κ3) is 6.63. The molecule has 0 radical (unpaired) electrons. The van der Waals surface area contributed by atoms with Crippen molar-refractivity contribution in [2.24, 2.45) is 0 Å². The van der Waals surface area contributed by atoms with Crippen molar-refractivity contribution in [3.05, 3.63) is 76.0 Å². The first kappa shape index (κ1) is 28.1. The number of nitrogens with zero attached hydrogens (tertiary/aromatic N) is 2. The molecule has 1 atom stereocenters. The number of nitrogen functional groups attached to an aromatic ring is 1. The van der Waals surface area contributed by atoms with E-state index in [1.165, 1.54) is 5.56 Å². The molecule has 40 heavy (non-hydrogen) atoms. The molecule has 2 aromatic carbocycles. The van der Waals surface area contributed by atoms with Crippen LogP contribution >= 0.6 is 23.2 Å². The first-order valence-electron chi connectivity index (χ1n) is 13.2. The first-order chi connectivity index (χ1) is 19.1. The van der Waals surface area contributed by atoms with Gasteiger partial charge >= 0.3 is 6.09 Å². The maximum atomic E-state index is 12.2. The lowest BCUT2D eigenvalue weighted by molar-refractivity contribution is 0.0505. The van der Waals surface area contributed by atoms with Crippen LogP contribution in [0, 0.1) is 0 Å². The molecule has 0 aliphatic carbocycles. The number of pyridine rings is 1. The molecule has 1 aliphatic heterocycles. The Morgan fingerprint density at radius 3 is 2.70 bits per heavy atom. The number of fused-ring (bicyclic) bond motifs is 1.